The van der Waals surface area contributed by atoms with E-state index in [0.29, 0.717) is 0 Å². The van der Waals surface area contributed by atoms with Crippen molar-refractivity contribution in [1.82, 2.24) is 20.2 Å². The number of nitrogens with one attached hydrogen (secondary N) is 2. The van der Waals surface area contributed by atoms with Crippen molar-refractivity contribution in [2.75, 3.05) is 25.0 Å². The van der Waals surface area contributed by atoms with E-state index in [2.05, 4.69) is 20.6 Å². The molecule has 0 aromatic carbocycles. The molecule has 1 aliphatic carbocycles. The molecule has 1 saturated carbocycles. The minimum absolute atomic E-state index is 0.0429. The number of carbonyl (C=O) groups is 2. The van der Waals surface area contributed by atoms with E-state index in [1.807, 2.05) is 0 Å². The van der Waals surface area contributed by atoms with Crippen LogP contribution in [0.4, 0.5) is 19.0 Å². The lowest BCUT2D eigenvalue weighted by atomic mass is 9.95. The largest absolute Gasteiger partial charge is 0.431 e. The molecule has 1 saturated heterocycles. The predicted octanol–water partition coefficient (Wildman–Crippen LogP) is 4.63. The van der Waals surface area contributed by atoms with Gasteiger partial charge in [-0.15, -0.1) is 11.3 Å². The van der Waals surface area contributed by atoms with E-state index in [4.69, 9.17) is 4.74 Å². The van der Waals surface area contributed by atoms with Gasteiger partial charge in [0.05, 0.1) is 10.5 Å². The number of aromatic nitrogens is 2. The first kappa shape index (κ1) is 29.1. The van der Waals surface area contributed by atoms with Crippen LogP contribution in [0.2, 0.25) is 0 Å². The number of likely N-dealkylation sites (tertiary alicyclic amines) is 1. The maximum atomic E-state index is 13.7. The van der Waals surface area contributed by atoms with Crippen LogP contribution in [0.25, 0.3) is 10.4 Å². The fraction of sp³-hybridized carbons (Fsp3) is 0.615. The standard InChI is InChI=1S/C26H34F3N5O4S/c1-26(2,37)14-31-22(35)23-33-19(24(36)34-10-8-16(27)9-11-34)20(39-23)15-12-18(38-25(28)29)21(30-13-15)32-17-6-4-3-5-7-17/h12-13,16-17,25,37H,3-11,14H2,1-2H3,(H,30,32)(H,31,35). The van der Waals surface area contributed by atoms with Gasteiger partial charge in [-0.05, 0) is 45.6 Å². The normalized spacial score (nSPS) is 17.4. The Morgan fingerprint density at radius 2 is 1.90 bits per heavy atom. The number of aliphatic hydroxyl groups is 1. The second-order valence-corrected chi connectivity index (χ2v) is 11.6. The molecule has 0 atom stereocenters. The maximum absolute atomic E-state index is 13.7. The smallest absolute Gasteiger partial charge is 0.387 e. The quantitative estimate of drug-likeness (QED) is 0.403. The van der Waals surface area contributed by atoms with Gasteiger partial charge in [0.2, 0.25) is 0 Å². The molecule has 214 valence electrons. The van der Waals surface area contributed by atoms with E-state index in [1.54, 1.807) is 0 Å². The summed E-state index contributed by atoms with van der Waals surface area (Å²) in [6.07, 6.45) is 5.81. The van der Waals surface area contributed by atoms with E-state index in [0.717, 1.165) is 43.4 Å². The summed E-state index contributed by atoms with van der Waals surface area (Å²) < 4.78 is 45.2. The number of alkyl halides is 3. The molecule has 4 rings (SSSR count). The molecule has 13 heteroatoms. The van der Waals surface area contributed by atoms with Crippen LogP contribution < -0.4 is 15.4 Å². The molecule has 0 radical (unpaired) electrons. The summed E-state index contributed by atoms with van der Waals surface area (Å²) in [5, 5.41) is 15.7. The van der Waals surface area contributed by atoms with Gasteiger partial charge in [-0.25, -0.2) is 14.4 Å². The van der Waals surface area contributed by atoms with Crippen molar-refractivity contribution in [1.29, 1.82) is 0 Å². The van der Waals surface area contributed by atoms with Crippen LogP contribution in [0, 0.1) is 0 Å². The Bertz CT molecular complexity index is 1160. The predicted molar refractivity (Wildman–Crippen MR) is 141 cm³/mol. The minimum Gasteiger partial charge on any atom is -0.431 e. The average molecular weight is 570 g/mol. The fourth-order valence-corrected chi connectivity index (χ4v) is 5.59. The van der Waals surface area contributed by atoms with Crippen molar-refractivity contribution in [2.24, 2.45) is 0 Å². The summed E-state index contributed by atoms with van der Waals surface area (Å²) in [4.78, 5) is 36.6. The van der Waals surface area contributed by atoms with E-state index in [-0.39, 0.29) is 71.2 Å². The van der Waals surface area contributed by atoms with Gasteiger partial charge in [0, 0.05) is 37.4 Å². The van der Waals surface area contributed by atoms with Crippen LogP contribution in [0.1, 0.15) is 79.1 Å². The lowest BCUT2D eigenvalue weighted by Crippen LogP contribution is -2.39. The number of amides is 2. The highest BCUT2D eigenvalue weighted by atomic mass is 32.1. The zero-order valence-electron chi connectivity index (χ0n) is 22.0. The number of hydrogen-bond donors (Lipinski definition) is 3. The molecule has 3 heterocycles. The third kappa shape index (κ3) is 7.81. The molecule has 2 fully saturated rings. The first-order valence-electron chi connectivity index (χ1n) is 13.2. The van der Waals surface area contributed by atoms with Crippen LogP contribution in [0.3, 0.4) is 0 Å². The Balaban J connectivity index is 1.69. The third-order valence-corrected chi connectivity index (χ3v) is 7.80. The molecule has 2 aliphatic rings. The van der Waals surface area contributed by atoms with Gasteiger partial charge in [-0.1, -0.05) is 19.3 Å². The monoisotopic (exact) mass is 569 g/mol. The average Bonchev–Trinajstić information content (AvgIpc) is 3.34. The number of carbonyl (C=O) groups excluding carboxylic acids is 2. The Labute approximate surface area is 229 Å². The van der Waals surface area contributed by atoms with Crippen LogP contribution in [0.5, 0.6) is 5.75 Å². The van der Waals surface area contributed by atoms with Crippen LogP contribution in [-0.4, -0.2) is 75.8 Å². The number of ether oxygens (including phenoxy) is 1. The molecule has 39 heavy (non-hydrogen) atoms. The highest BCUT2D eigenvalue weighted by Crippen LogP contribution is 2.37. The number of thiazole rings is 1. The number of rotatable bonds is 9. The zero-order valence-corrected chi connectivity index (χ0v) is 22.8. The molecule has 9 nitrogen and oxygen atoms in total. The Morgan fingerprint density at radius 1 is 1.21 bits per heavy atom. The van der Waals surface area contributed by atoms with Gasteiger partial charge in [-0.2, -0.15) is 8.78 Å². The Hall–Kier alpha value is -2.93. The lowest BCUT2D eigenvalue weighted by molar-refractivity contribution is -0.0495. The lowest BCUT2D eigenvalue weighted by Gasteiger charge is -2.28. The van der Waals surface area contributed by atoms with Crippen molar-refractivity contribution in [3.8, 4) is 16.2 Å². The minimum atomic E-state index is -3.10. The van der Waals surface area contributed by atoms with Crippen LogP contribution >= 0.6 is 11.3 Å². The fourth-order valence-electron chi connectivity index (χ4n) is 4.63. The number of anilines is 1. The summed E-state index contributed by atoms with van der Waals surface area (Å²) >= 11 is 0.903. The Kier molecular flexibility index (Phi) is 9.31. The summed E-state index contributed by atoms with van der Waals surface area (Å²) in [5.74, 6) is -1.09. The zero-order chi connectivity index (χ0) is 28.2. The summed E-state index contributed by atoms with van der Waals surface area (Å²) in [7, 11) is 0. The second kappa shape index (κ2) is 12.5. The topological polar surface area (TPSA) is 117 Å². The highest BCUT2D eigenvalue weighted by molar-refractivity contribution is 7.17. The van der Waals surface area contributed by atoms with Crippen molar-refractivity contribution in [3.63, 3.8) is 0 Å². The third-order valence-electron chi connectivity index (χ3n) is 6.69. The molecular weight excluding hydrogens is 535 g/mol. The van der Waals surface area contributed by atoms with Crippen molar-refractivity contribution >= 4 is 29.0 Å². The van der Waals surface area contributed by atoms with Crippen molar-refractivity contribution in [2.45, 2.75) is 83.2 Å². The molecule has 1 aliphatic heterocycles. The number of nitrogens with zero attached hydrogens (tertiary/aromatic N) is 3. The molecule has 0 bridgehead atoms. The highest BCUT2D eigenvalue weighted by Gasteiger charge is 2.30. The van der Waals surface area contributed by atoms with E-state index in [9.17, 15) is 27.9 Å². The van der Waals surface area contributed by atoms with Crippen LogP contribution in [0.15, 0.2) is 12.3 Å². The molecule has 2 aromatic rings. The summed E-state index contributed by atoms with van der Waals surface area (Å²) in [6.45, 7) is 0.302. The van der Waals surface area contributed by atoms with Crippen molar-refractivity contribution in [3.05, 3.63) is 23.0 Å². The maximum Gasteiger partial charge on any atom is 0.387 e. The molecule has 2 amide bonds. The molecule has 3 N–H and O–H groups in total. The number of piperidine rings is 1. The molecule has 0 spiro atoms. The van der Waals surface area contributed by atoms with Gasteiger partial charge >= 0.3 is 6.61 Å². The number of pyridine rings is 1. The second-order valence-electron chi connectivity index (χ2n) is 10.6. The van der Waals surface area contributed by atoms with Crippen LogP contribution in [-0.2, 0) is 0 Å². The van der Waals surface area contributed by atoms with Gasteiger partial charge in [0.15, 0.2) is 16.6 Å². The van der Waals surface area contributed by atoms with E-state index < -0.39 is 30.2 Å². The van der Waals surface area contributed by atoms with E-state index in [1.165, 1.54) is 31.0 Å². The summed E-state index contributed by atoms with van der Waals surface area (Å²) in [6, 6.07) is 1.45. The first-order chi connectivity index (χ1) is 18.5. The Morgan fingerprint density at radius 3 is 2.54 bits per heavy atom. The van der Waals surface area contributed by atoms with Crippen molar-refractivity contribution < 1.29 is 32.6 Å². The van der Waals surface area contributed by atoms with Gasteiger partial charge in [0.25, 0.3) is 11.8 Å². The van der Waals surface area contributed by atoms with Gasteiger partial charge in [-0.3, -0.25) is 9.59 Å². The van der Waals surface area contributed by atoms with E-state index >= 15 is 0 Å². The number of halogens is 3. The van der Waals surface area contributed by atoms with Gasteiger partial charge < -0.3 is 25.4 Å². The SMILES string of the molecule is CC(C)(O)CNC(=O)c1nc(C(=O)N2CCC(F)CC2)c(-c2cnc(NC3CCCCC3)c(OC(F)F)c2)s1. The first-order valence-corrected chi connectivity index (χ1v) is 14.0. The molecular formula is C26H34F3N5O4S. The molecule has 2 aromatic heterocycles. The summed E-state index contributed by atoms with van der Waals surface area (Å²) in [5.41, 5.74) is -0.941. The van der Waals surface area contributed by atoms with Gasteiger partial charge in [0.1, 0.15) is 11.9 Å². The number of hydrogen-bond acceptors (Lipinski definition) is 8. The molecule has 0 unspecified atom stereocenters.